The Hall–Kier alpha value is -0.690. The number of ether oxygens (including phenoxy) is 1. The molecular weight excluding hydrogens is 276 g/mol. The molecule has 0 aromatic carbocycles. The van der Waals surface area contributed by atoms with Gasteiger partial charge in [-0.3, -0.25) is 0 Å². The van der Waals surface area contributed by atoms with Crippen LogP contribution in [-0.4, -0.2) is 33.2 Å². The summed E-state index contributed by atoms with van der Waals surface area (Å²) in [6, 6.07) is 3.00. The van der Waals surface area contributed by atoms with Gasteiger partial charge < -0.3 is 4.74 Å². The van der Waals surface area contributed by atoms with Gasteiger partial charge in [0.1, 0.15) is 10.0 Å². The maximum absolute atomic E-state index is 12.0. The molecule has 1 saturated heterocycles. The lowest BCUT2D eigenvalue weighted by atomic mass is 10.0. The second-order valence-corrected chi connectivity index (χ2v) is 6.29. The van der Waals surface area contributed by atoms with Crippen molar-refractivity contribution in [3.63, 3.8) is 0 Å². The SMILES string of the molecule is O=S(=O)(NCC1CCOCC1)c1cccnc1Cl. The molecule has 5 nitrogen and oxygen atoms in total. The summed E-state index contributed by atoms with van der Waals surface area (Å²) in [6.45, 7) is 1.80. The second-order valence-electron chi connectivity index (χ2n) is 4.20. The third-order valence-electron chi connectivity index (χ3n) is 2.92. The van der Waals surface area contributed by atoms with Gasteiger partial charge in [-0.05, 0) is 30.9 Å². The van der Waals surface area contributed by atoms with Gasteiger partial charge in [-0.15, -0.1) is 0 Å². The molecule has 1 aromatic rings. The number of hydrogen-bond donors (Lipinski definition) is 1. The van der Waals surface area contributed by atoms with Crippen LogP contribution in [0.25, 0.3) is 0 Å². The van der Waals surface area contributed by atoms with Crippen molar-refractivity contribution in [2.75, 3.05) is 19.8 Å². The Bertz CT molecular complexity index is 501. The monoisotopic (exact) mass is 290 g/mol. The first-order valence-corrected chi connectivity index (χ1v) is 7.63. The van der Waals surface area contributed by atoms with E-state index in [1.807, 2.05) is 0 Å². The van der Waals surface area contributed by atoms with E-state index in [4.69, 9.17) is 16.3 Å². The standard InChI is InChI=1S/C11H15ClN2O3S/c12-11-10(2-1-5-13-11)18(15,16)14-8-9-3-6-17-7-4-9/h1-2,5,9,14H,3-4,6-8H2. The first kappa shape index (κ1) is 13.7. The number of halogens is 1. The third kappa shape index (κ3) is 3.41. The smallest absolute Gasteiger partial charge is 0.243 e. The predicted octanol–water partition coefficient (Wildman–Crippen LogP) is 1.44. The lowest BCUT2D eigenvalue weighted by Crippen LogP contribution is -2.32. The predicted molar refractivity (Wildman–Crippen MR) is 68.0 cm³/mol. The Kier molecular flexibility index (Phi) is 4.55. The van der Waals surface area contributed by atoms with E-state index in [0.717, 1.165) is 12.8 Å². The van der Waals surface area contributed by atoms with E-state index in [0.29, 0.717) is 25.7 Å². The minimum absolute atomic E-state index is 0.00280. The Balaban J connectivity index is 2.01. The van der Waals surface area contributed by atoms with E-state index in [9.17, 15) is 8.42 Å². The van der Waals surface area contributed by atoms with Gasteiger partial charge in [-0.2, -0.15) is 0 Å². The van der Waals surface area contributed by atoms with Crippen molar-refractivity contribution in [2.24, 2.45) is 5.92 Å². The highest BCUT2D eigenvalue weighted by atomic mass is 35.5. The van der Waals surface area contributed by atoms with Crippen LogP contribution in [0.4, 0.5) is 0 Å². The molecule has 2 rings (SSSR count). The van der Waals surface area contributed by atoms with Gasteiger partial charge in [0.2, 0.25) is 10.0 Å². The number of nitrogens with one attached hydrogen (secondary N) is 1. The molecule has 0 atom stereocenters. The Labute approximate surface area is 112 Å². The molecule has 0 unspecified atom stereocenters. The van der Waals surface area contributed by atoms with Crippen LogP contribution in [0.5, 0.6) is 0 Å². The van der Waals surface area contributed by atoms with Crippen LogP contribution in [0.1, 0.15) is 12.8 Å². The fourth-order valence-electron chi connectivity index (χ4n) is 1.83. The summed E-state index contributed by atoms with van der Waals surface area (Å²) in [6.07, 6.45) is 3.21. The average Bonchev–Trinajstić information content (AvgIpc) is 2.38. The van der Waals surface area contributed by atoms with Gasteiger partial charge >= 0.3 is 0 Å². The van der Waals surface area contributed by atoms with Gasteiger partial charge in [0.25, 0.3) is 0 Å². The topological polar surface area (TPSA) is 68.3 Å². The molecule has 1 N–H and O–H groups in total. The van der Waals surface area contributed by atoms with Crippen LogP contribution in [0.15, 0.2) is 23.2 Å². The van der Waals surface area contributed by atoms with E-state index in [2.05, 4.69) is 9.71 Å². The second kappa shape index (κ2) is 5.97. The first-order valence-electron chi connectivity index (χ1n) is 5.77. The minimum Gasteiger partial charge on any atom is -0.381 e. The lowest BCUT2D eigenvalue weighted by Gasteiger charge is -2.22. The third-order valence-corrected chi connectivity index (χ3v) is 4.79. The summed E-state index contributed by atoms with van der Waals surface area (Å²) in [4.78, 5) is 3.79. The van der Waals surface area contributed by atoms with Gasteiger partial charge in [-0.25, -0.2) is 18.1 Å². The minimum atomic E-state index is -3.58. The summed E-state index contributed by atoms with van der Waals surface area (Å²) < 4.78 is 31.9. The van der Waals surface area contributed by atoms with Gasteiger partial charge in [0.05, 0.1) is 0 Å². The molecule has 0 bridgehead atoms. The Morgan fingerprint density at radius 1 is 1.44 bits per heavy atom. The van der Waals surface area contributed by atoms with E-state index in [-0.39, 0.29) is 10.0 Å². The van der Waals surface area contributed by atoms with Crippen LogP contribution in [0.2, 0.25) is 5.15 Å². The van der Waals surface area contributed by atoms with Crippen LogP contribution in [-0.2, 0) is 14.8 Å². The molecule has 1 aromatic heterocycles. The molecule has 7 heteroatoms. The van der Waals surface area contributed by atoms with Gasteiger partial charge in [0.15, 0.2) is 0 Å². The Morgan fingerprint density at radius 2 is 2.17 bits per heavy atom. The largest absolute Gasteiger partial charge is 0.381 e. The highest BCUT2D eigenvalue weighted by molar-refractivity contribution is 7.89. The van der Waals surface area contributed by atoms with Crippen molar-refractivity contribution < 1.29 is 13.2 Å². The lowest BCUT2D eigenvalue weighted by molar-refractivity contribution is 0.0678. The number of pyridine rings is 1. The fraction of sp³-hybridized carbons (Fsp3) is 0.545. The number of aromatic nitrogens is 1. The maximum Gasteiger partial charge on any atom is 0.243 e. The number of sulfonamides is 1. The molecule has 1 aliphatic rings. The maximum atomic E-state index is 12.0. The zero-order valence-corrected chi connectivity index (χ0v) is 11.4. The number of hydrogen-bond acceptors (Lipinski definition) is 4. The summed E-state index contributed by atoms with van der Waals surface area (Å²) in [5.74, 6) is 0.323. The molecule has 18 heavy (non-hydrogen) atoms. The molecular formula is C11H15ClN2O3S. The van der Waals surface area contributed by atoms with Crippen molar-refractivity contribution >= 4 is 21.6 Å². The molecule has 0 spiro atoms. The van der Waals surface area contributed by atoms with Crippen LogP contribution < -0.4 is 4.72 Å². The highest BCUT2D eigenvalue weighted by Crippen LogP contribution is 2.19. The van der Waals surface area contributed by atoms with Crippen LogP contribution in [0, 0.1) is 5.92 Å². The van der Waals surface area contributed by atoms with Crippen LogP contribution >= 0.6 is 11.6 Å². The van der Waals surface area contributed by atoms with Crippen LogP contribution in [0.3, 0.4) is 0 Å². The number of rotatable bonds is 4. The summed E-state index contributed by atoms with van der Waals surface area (Å²) >= 11 is 5.78. The summed E-state index contributed by atoms with van der Waals surface area (Å²) in [7, 11) is -3.58. The van der Waals surface area contributed by atoms with E-state index in [1.54, 1.807) is 6.07 Å². The molecule has 0 amide bonds. The quantitative estimate of drug-likeness (QED) is 0.852. The molecule has 1 aliphatic heterocycles. The zero-order chi connectivity index (χ0) is 13.0. The van der Waals surface area contributed by atoms with Gasteiger partial charge in [-0.1, -0.05) is 11.6 Å². The van der Waals surface area contributed by atoms with Crippen molar-refractivity contribution in [1.29, 1.82) is 0 Å². The normalized spacial score (nSPS) is 17.8. The highest BCUT2D eigenvalue weighted by Gasteiger charge is 2.21. The summed E-state index contributed by atoms with van der Waals surface area (Å²) in [5.41, 5.74) is 0. The van der Waals surface area contributed by atoms with Crippen molar-refractivity contribution in [3.8, 4) is 0 Å². The zero-order valence-electron chi connectivity index (χ0n) is 9.80. The van der Waals surface area contributed by atoms with Crippen molar-refractivity contribution in [1.82, 2.24) is 9.71 Å². The van der Waals surface area contributed by atoms with E-state index < -0.39 is 10.0 Å². The fourth-order valence-corrected chi connectivity index (χ4v) is 3.39. The molecule has 0 aliphatic carbocycles. The Morgan fingerprint density at radius 3 is 2.83 bits per heavy atom. The molecule has 0 saturated carbocycles. The van der Waals surface area contributed by atoms with Gasteiger partial charge in [0, 0.05) is 26.0 Å². The van der Waals surface area contributed by atoms with Crippen molar-refractivity contribution in [2.45, 2.75) is 17.7 Å². The first-order chi connectivity index (χ1) is 8.59. The number of nitrogens with zero attached hydrogens (tertiary/aromatic N) is 1. The van der Waals surface area contributed by atoms with Crippen molar-refractivity contribution in [3.05, 3.63) is 23.5 Å². The average molecular weight is 291 g/mol. The summed E-state index contributed by atoms with van der Waals surface area (Å²) in [5, 5.41) is -0.00280. The molecule has 0 radical (unpaired) electrons. The molecule has 100 valence electrons. The van der Waals surface area contributed by atoms with E-state index >= 15 is 0 Å². The molecule has 2 heterocycles. The molecule has 1 fully saturated rings. The van der Waals surface area contributed by atoms with E-state index in [1.165, 1.54) is 12.3 Å².